The van der Waals surface area contributed by atoms with E-state index in [1.54, 1.807) is 36.5 Å². The number of hydrogen-bond donors (Lipinski definition) is 2. The van der Waals surface area contributed by atoms with Gasteiger partial charge in [0.2, 0.25) is 0 Å². The van der Waals surface area contributed by atoms with Crippen LogP contribution >= 0.6 is 0 Å². The van der Waals surface area contributed by atoms with Gasteiger partial charge in [-0.1, -0.05) is 18.2 Å². The van der Waals surface area contributed by atoms with Crippen LogP contribution in [0.2, 0.25) is 0 Å². The van der Waals surface area contributed by atoms with Crippen LogP contribution in [0, 0.1) is 0 Å². The number of pyridine rings is 1. The summed E-state index contributed by atoms with van der Waals surface area (Å²) in [5.41, 5.74) is 1.13. The molecule has 1 aromatic heterocycles. The van der Waals surface area contributed by atoms with Crippen molar-refractivity contribution >= 4 is 16.7 Å². The molecule has 0 radical (unpaired) electrons. The average molecular weight is 462 g/mol. The number of nitrogens with zero attached hydrogens (tertiary/aromatic N) is 1. The number of benzene rings is 3. The number of aliphatic hydroxyl groups is 1. The van der Waals surface area contributed by atoms with Gasteiger partial charge in [-0.3, -0.25) is 9.78 Å². The number of fused-ring (bicyclic) bond motifs is 1. The third-order valence-corrected chi connectivity index (χ3v) is 5.43. The molecule has 34 heavy (non-hydrogen) atoms. The normalized spacial score (nSPS) is 12.4. The first-order valence-corrected chi connectivity index (χ1v) is 10.8. The molecule has 0 aliphatic rings. The summed E-state index contributed by atoms with van der Waals surface area (Å²) < 4.78 is 32.8. The number of ether oxygens (including phenoxy) is 1. The van der Waals surface area contributed by atoms with Crippen LogP contribution in [0.1, 0.15) is 28.5 Å². The quantitative estimate of drug-likeness (QED) is 0.364. The van der Waals surface area contributed by atoms with Crippen molar-refractivity contribution < 1.29 is 23.4 Å². The fourth-order valence-electron chi connectivity index (χ4n) is 3.63. The highest BCUT2D eigenvalue weighted by Crippen LogP contribution is 2.33. The van der Waals surface area contributed by atoms with E-state index in [9.17, 15) is 18.7 Å². The number of aliphatic hydroxyl groups excluding tert-OH is 1. The summed E-state index contributed by atoms with van der Waals surface area (Å²) in [6, 6.07) is 21.4. The molecule has 0 saturated heterocycles. The van der Waals surface area contributed by atoms with Crippen LogP contribution < -0.4 is 10.1 Å². The molecule has 3 aromatic carbocycles. The Morgan fingerprint density at radius 1 is 1.06 bits per heavy atom. The third-order valence-electron chi connectivity index (χ3n) is 5.43. The van der Waals surface area contributed by atoms with Crippen LogP contribution in [-0.2, 0) is 12.3 Å². The Bertz CT molecular complexity index is 1270. The summed E-state index contributed by atoms with van der Waals surface area (Å²) in [6.07, 6.45) is 2.08. The van der Waals surface area contributed by atoms with Gasteiger partial charge in [-0.25, -0.2) is 8.78 Å². The zero-order chi connectivity index (χ0) is 24.1. The second-order valence-electron chi connectivity index (χ2n) is 8.09. The van der Waals surface area contributed by atoms with Crippen LogP contribution in [0.5, 0.6) is 11.5 Å². The highest BCUT2D eigenvalue weighted by molar-refractivity contribution is 6.00. The van der Waals surface area contributed by atoms with Crippen LogP contribution in [0.15, 0.2) is 85.1 Å². The van der Waals surface area contributed by atoms with E-state index >= 15 is 0 Å². The van der Waals surface area contributed by atoms with E-state index in [-0.39, 0.29) is 18.1 Å². The zero-order valence-corrected chi connectivity index (χ0v) is 18.5. The molecule has 1 unspecified atom stereocenters. The Labute approximate surface area is 196 Å². The number of rotatable bonds is 8. The minimum Gasteiger partial charge on any atom is -0.457 e. The molecule has 5 nitrogen and oxygen atoms in total. The van der Waals surface area contributed by atoms with Gasteiger partial charge in [0, 0.05) is 41.7 Å². The third kappa shape index (κ3) is 5.55. The van der Waals surface area contributed by atoms with E-state index in [0.29, 0.717) is 23.5 Å². The molecule has 7 heteroatoms. The molecule has 4 aromatic rings. The van der Waals surface area contributed by atoms with Gasteiger partial charge >= 0.3 is 0 Å². The predicted molar refractivity (Wildman–Crippen MR) is 126 cm³/mol. The predicted octanol–water partition coefficient (Wildman–Crippen LogP) is 5.47. The van der Waals surface area contributed by atoms with Crippen molar-refractivity contribution in [3.05, 3.63) is 102 Å². The fraction of sp³-hybridized carbons (Fsp3) is 0.185. The minimum atomic E-state index is -2.92. The molecular weight excluding hydrogens is 438 g/mol. The Morgan fingerprint density at radius 2 is 1.85 bits per heavy atom. The summed E-state index contributed by atoms with van der Waals surface area (Å²) in [4.78, 5) is 17.0. The number of nitrogens with one attached hydrogen (secondary N) is 1. The highest BCUT2D eigenvalue weighted by atomic mass is 19.3. The monoisotopic (exact) mass is 462 g/mol. The Morgan fingerprint density at radius 3 is 2.53 bits per heavy atom. The molecule has 0 aliphatic carbocycles. The molecule has 1 amide bonds. The molecule has 0 bridgehead atoms. The molecule has 1 atom stereocenters. The zero-order valence-electron chi connectivity index (χ0n) is 18.5. The fourth-order valence-corrected chi connectivity index (χ4v) is 3.63. The first-order chi connectivity index (χ1) is 16.3. The maximum absolute atomic E-state index is 13.4. The van der Waals surface area contributed by atoms with Gasteiger partial charge in [0.1, 0.15) is 11.5 Å². The van der Waals surface area contributed by atoms with E-state index in [0.717, 1.165) is 23.4 Å². The van der Waals surface area contributed by atoms with Crippen LogP contribution in [0.4, 0.5) is 8.78 Å². The second-order valence-corrected chi connectivity index (χ2v) is 8.09. The Balaban J connectivity index is 1.50. The summed E-state index contributed by atoms with van der Waals surface area (Å²) in [6.45, 7) is 0.638. The van der Waals surface area contributed by atoms with Gasteiger partial charge in [0.05, 0.1) is 12.6 Å². The molecule has 2 N–H and O–H groups in total. The average Bonchev–Trinajstić information content (AvgIpc) is 2.84. The largest absolute Gasteiger partial charge is 0.457 e. The molecule has 4 rings (SSSR count). The summed E-state index contributed by atoms with van der Waals surface area (Å²) >= 11 is 0. The second kappa shape index (κ2) is 9.97. The number of hydrogen-bond acceptors (Lipinski definition) is 4. The molecule has 0 fully saturated rings. The lowest BCUT2D eigenvalue weighted by Gasteiger charge is -2.16. The van der Waals surface area contributed by atoms with Crippen molar-refractivity contribution in [1.82, 2.24) is 10.3 Å². The van der Waals surface area contributed by atoms with Crippen molar-refractivity contribution in [3.63, 3.8) is 0 Å². The Kier molecular flexibility index (Phi) is 6.84. The van der Waals surface area contributed by atoms with Gasteiger partial charge in [-0.2, -0.15) is 0 Å². The lowest BCUT2D eigenvalue weighted by atomic mass is 10.0. The van der Waals surface area contributed by atoms with E-state index < -0.39 is 12.0 Å². The number of carbonyl (C=O) groups excluding carboxylic acids is 1. The summed E-state index contributed by atoms with van der Waals surface area (Å²) in [5, 5.41) is 14.1. The van der Waals surface area contributed by atoms with E-state index in [4.69, 9.17) is 4.74 Å². The number of halogens is 2. The maximum atomic E-state index is 13.4. The molecule has 174 valence electrons. The minimum absolute atomic E-state index is 0.0855. The number of amides is 1. The number of alkyl halides is 2. The van der Waals surface area contributed by atoms with E-state index in [2.05, 4.69) is 10.3 Å². The smallest absolute Gasteiger partial charge is 0.270 e. The molecule has 1 heterocycles. The lowest BCUT2D eigenvalue weighted by Crippen LogP contribution is -2.39. The van der Waals surface area contributed by atoms with Crippen LogP contribution in [0.25, 0.3) is 10.8 Å². The first-order valence-electron chi connectivity index (χ1n) is 10.8. The van der Waals surface area contributed by atoms with Gasteiger partial charge in [-0.15, -0.1) is 0 Å². The maximum Gasteiger partial charge on any atom is 0.270 e. The van der Waals surface area contributed by atoms with Gasteiger partial charge < -0.3 is 15.2 Å². The van der Waals surface area contributed by atoms with E-state index in [1.165, 1.54) is 24.3 Å². The molecular formula is C27H24F2N2O3. The summed E-state index contributed by atoms with van der Waals surface area (Å²) in [7, 11) is 0. The Hall–Kier alpha value is -3.84. The van der Waals surface area contributed by atoms with Gasteiger partial charge in [-0.05, 0) is 66.0 Å². The molecule has 0 saturated carbocycles. The van der Waals surface area contributed by atoms with Gasteiger partial charge in [0.25, 0.3) is 11.8 Å². The SMILES string of the molecule is CC(F)(F)c1ccc(Oc2cccc3cc(C(=O)NC(CO)Cc4ccccn4)ccc23)cc1. The first kappa shape index (κ1) is 23.3. The molecule has 0 spiro atoms. The summed E-state index contributed by atoms with van der Waals surface area (Å²) in [5.74, 6) is -2.24. The molecule has 0 aliphatic heterocycles. The topological polar surface area (TPSA) is 71.5 Å². The van der Waals surface area contributed by atoms with Crippen LogP contribution in [0.3, 0.4) is 0 Å². The number of aromatic nitrogens is 1. The van der Waals surface area contributed by atoms with Gasteiger partial charge in [0.15, 0.2) is 0 Å². The van der Waals surface area contributed by atoms with Crippen molar-refractivity contribution in [2.45, 2.75) is 25.3 Å². The van der Waals surface area contributed by atoms with Crippen molar-refractivity contribution in [2.75, 3.05) is 6.61 Å². The standard InChI is InChI=1S/C27H24F2N2O3/c1-27(28,29)20-9-11-23(12-10-20)34-25-7-4-5-18-15-19(8-13-24(18)25)26(33)31-22(17-32)16-21-6-2-3-14-30-21/h2-15,22,32H,16-17H2,1H3,(H,31,33). The highest BCUT2D eigenvalue weighted by Gasteiger charge is 2.23. The van der Waals surface area contributed by atoms with Crippen molar-refractivity contribution in [3.8, 4) is 11.5 Å². The van der Waals surface area contributed by atoms with Crippen molar-refractivity contribution in [2.24, 2.45) is 0 Å². The lowest BCUT2D eigenvalue weighted by molar-refractivity contribution is 0.0174. The van der Waals surface area contributed by atoms with E-state index in [1.807, 2.05) is 24.3 Å². The van der Waals surface area contributed by atoms with Crippen molar-refractivity contribution in [1.29, 1.82) is 0 Å². The van der Waals surface area contributed by atoms with Crippen LogP contribution in [-0.4, -0.2) is 28.6 Å². The number of carbonyl (C=O) groups is 1.